The highest BCUT2D eigenvalue weighted by Gasteiger charge is 2.01. The zero-order chi connectivity index (χ0) is 14.4. The van der Waals surface area contributed by atoms with Gasteiger partial charge < -0.3 is 19.3 Å². The van der Waals surface area contributed by atoms with E-state index < -0.39 is 11.9 Å². The first-order valence-electron chi connectivity index (χ1n) is 5.17. The van der Waals surface area contributed by atoms with Crippen molar-refractivity contribution in [2.75, 3.05) is 34.0 Å². The van der Waals surface area contributed by atoms with Crippen molar-refractivity contribution in [1.82, 2.24) is 0 Å². The molecule has 1 N–H and O–H groups in total. The molecule has 0 radical (unpaired) electrons. The molecule has 0 aliphatic heterocycles. The number of carboxylic acid groups (broad SMARTS) is 1. The average molecular weight is 260 g/mol. The van der Waals surface area contributed by atoms with Gasteiger partial charge in [0.15, 0.2) is 0 Å². The SMILES string of the molecule is C=C(CCOC)C(=O)O.C=CC(=O)OCCOC. The first kappa shape index (κ1) is 18.7. The molecule has 0 spiro atoms. The molecule has 0 saturated heterocycles. The van der Waals surface area contributed by atoms with E-state index in [1.807, 2.05) is 0 Å². The molecule has 0 aromatic rings. The van der Waals surface area contributed by atoms with Crippen LogP contribution in [0, 0.1) is 0 Å². The molecule has 0 aliphatic carbocycles. The lowest BCUT2D eigenvalue weighted by molar-refractivity contribution is -0.139. The minimum absolute atomic E-state index is 0.192. The molecule has 0 aromatic heterocycles. The fourth-order valence-electron chi connectivity index (χ4n) is 0.617. The van der Waals surface area contributed by atoms with E-state index in [1.54, 1.807) is 7.11 Å². The maximum absolute atomic E-state index is 10.3. The van der Waals surface area contributed by atoms with Gasteiger partial charge in [-0.05, 0) is 0 Å². The van der Waals surface area contributed by atoms with E-state index >= 15 is 0 Å². The minimum atomic E-state index is -0.952. The molecule has 0 amide bonds. The second kappa shape index (κ2) is 13.4. The molecule has 0 unspecified atom stereocenters. The van der Waals surface area contributed by atoms with Gasteiger partial charge in [-0.2, -0.15) is 0 Å². The summed E-state index contributed by atoms with van der Waals surface area (Å²) in [5, 5.41) is 8.25. The van der Waals surface area contributed by atoms with Crippen LogP contribution in [0.2, 0.25) is 0 Å². The van der Waals surface area contributed by atoms with Gasteiger partial charge in [-0.3, -0.25) is 0 Å². The second-order valence-corrected chi connectivity index (χ2v) is 3.02. The standard InChI is InChI=1S/2C6H10O3/c1-5(6(7)8)3-4-9-2;1-3-6(7)9-5-4-8-2/h1,3-4H2,2H3,(H,7,8);3H,1,4-5H2,2H3. The van der Waals surface area contributed by atoms with Crippen LogP contribution in [0.5, 0.6) is 0 Å². The van der Waals surface area contributed by atoms with Crippen LogP contribution < -0.4 is 0 Å². The smallest absolute Gasteiger partial charge is 0.331 e. The van der Waals surface area contributed by atoms with Gasteiger partial charge in [0.1, 0.15) is 6.61 Å². The second-order valence-electron chi connectivity index (χ2n) is 3.02. The third-order valence-electron chi connectivity index (χ3n) is 1.61. The fraction of sp³-hybridized carbons (Fsp3) is 0.500. The quantitative estimate of drug-likeness (QED) is 0.398. The Morgan fingerprint density at radius 1 is 1.17 bits per heavy atom. The number of rotatable bonds is 8. The number of hydrogen-bond acceptors (Lipinski definition) is 5. The van der Waals surface area contributed by atoms with E-state index in [0.29, 0.717) is 26.2 Å². The highest BCUT2D eigenvalue weighted by molar-refractivity contribution is 5.85. The van der Waals surface area contributed by atoms with Crippen molar-refractivity contribution >= 4 is 11.9 Å². The Bertz CT molecular complexity index is 270. The molecule has 0 fully saturated rings. The normalized spacial score (nSPS) is 8.78. The topological polar surface area (TPSA) is 82.1 Å². The highest BCUT2D eigenvalue weighted by Crippen LogP contribution is 1.96. The molecule has 0 aromatic carbocycles. The first-order valence-corrected chi connectivity index (χ1v) is 5.17. The number of carbonyl (C=O) groups is 2. The third-order valence-corrected chi connectivity index (χ3v) is 1.61. The van der Waals surface area contributed by atoms with Crippen molar-refractivity contribution in [2.24, 2.45) is 0 Å². The molecule has 0 rings (SSSR count). The van der Waals surface area contributed by atoms with E-state index in [0.717, 1.165) is 6.08 Å². The van der Waals surface area contributed by atoms with Crippen molar-refractivity contribution in [1.29, 1.82) is 0 Å². The van der Waals surface area contributed by atoms with Crippen molar-refractivity contribution in [3.05, 3.63) is 24.8 Å². The lowest BCUT2D eigenvalue weighted by Gasteiger charge is -1.98. The number of carbonyl (C=O) groups excluding carboxylic acids is 1. The van der Waals surface area contributed by atoms with Gasteiger partial charge in [0, 0.05) is 32.3 Å². The summed E-state index contributed by atoms with van der Waals surface area (Å²) in [6.07, 6.45) is 1.52. The number of hydrogen-bond donors (Lipinski definition) is 1. The van der Waals surface area contributed by atoms with E-state index in [9.17, 15) is 9.59 Å². The van der Waals surface area contributed by atoms with E-state index in [2.05, 4.69) is 27.4 Å². The van der Waals surface area contributed by atoms with Crippen molar-refractivity contribution in [3.63, 3.8) is 0 Å². The molecular formula is C12H20O6. The van der Waals surface area contributed by atoms with Gasteiger partial charge in [0.05, 0.1) is 13.2 Å². The third kappa shape index (κ3) is 14.3. The van der Waals surface area contributed by atoms with Gasteiger partial charge in [-0.1, -0.05) is 13.2 Å². The summed E-state index contributed by atoms with van der Waals surface area (Å²) in [7, 11) is 3.07. The van der Waals surface area contributed by atoms with Crippen LogP contribution in [0.3, 0.4) is 0 Å². The highest BCUT2D eigenvalue weighted by atomic mass is 16.6. The van der Waals surface area contributed by atoms with Crippen molar-refractivity contribution in [3.8, 4) is 0 Å². The molecule has 0 bridgehead atoms. The van der Waals surface area contributed by atoms with Crippen LogP contribution in [0.15, 0.2) is 24.8 Å². The summed E-state index contributed by atoms with van der Waals surface area (Å²) < 4.78 is 13.8. The predicted molar refractivity (Wildman–Crippen MR) is 66.3 cm³/mol. The molecule has 104 valence electrons. The van der Waals surface area contributed by atoms with Crippen molar-refractivity contribution < 1.29 is 28.9 Å². The number of carboxylic acids is 1. The number of methoxy groups -OCH3 is 2. The molecule has 0 saturated carbocycles. The number of ether oxygens (including phenoxy) is 3. The van der Waals surface area contributed by atoms with E-state index in [4.69, 9.17) is 5.11 Å². The molecule has 0 heterocycles. The summed E-state index contributed by atoms with van der Waals surface area (Å²) in [5.74, 6) is -1.36. The maximum atomic E-state index is 10.3. The van der Waals surface area contributed by atoms with Crippen LogP contribution in [0.1, 0.15) is 6.42 Å². The van der Waals surface area contributed by atoms with Gasteiger partial charge in [0.2, 0.25) is 0 Å². The summed E-state index contributed by atoms with van der Waals surface area (Å²) in [4.78, 5) is 20.3. The van der Waals surface area contributed by atoms with E-state index in [-0.39, 0.29) is 5.57 Å². The van der Waals surface area contributed by atoms with Gasteiger partial charge in [0.25, 0.3) is 0 Å². The van der Waals surface area contributed by atoms with Crippen LogP contribution in [-0.4, -0.2) is 51.1 Å². The molecule has 6 nitrogen and oxygen atoms in total. The molecular weight excluding hydrogens is 240 g/mol. The Kier molecular flexibility index (Phi) is 13.9. The van der Waals surface area contributed by atoms with Gasteiger partial charge in [-0.25, -0.2) is 9.59 Å². The molecule has 6 heteroatoms. The summed E-state index contributed by atoms with van der Waals surface area (Å²) in [5.41, 5.74) is 0.192. The van der Waals surface area contributed by atoms with Crippen LogP contribution in [0.25, 0.3) is 0 Å². The lowest BCUT2D eigenvalue weighted by Crippen LogP contribution is -2.06. The zero-order valence-corrected chi connectivity index (χ0v) is 10.8. The fourth-order valence-corrected chi connectivity index (χ4v) is 0.617. The Morgan fingerprint density at radius 2 is 1.72 bits per heavy atom. The van der Waals surface area contributed by atoms with E-state index in [1.165, 1.54) is 7.11 Å². The van der Waals surface area contributed by atoms with Gasteiger partial charge in [-0.15, -0.1) is 0 Å². The summed E-state index contributed by atoms with van der Waals surface area (Å²) >= 11 is 0. The maximum Gasteiger partial charge on any atom is 0.331 e. The van der Waals surface area contributed by atoms with Crippen LogP contribution in [-0.2, 0) is 23.8 Å². The summed E-state index contributed by atoms with van der Waals surface area (Å²) in [6.45, 7) is 7.68. The van der Waals surface area contributed by atoms with Crippen molar-refractivity contribution in [2.45, 2.75) is 6.42 Å². The van der Waals surface area contributed by atoms with Crippen LogP contribution in [0.4, 0.5) is 0 Å². The minimum Gasteiger partial charge on any atom is -0.478 e. The Balaban J connectivity index is 0. The van der Waals surface area contributed by atoms with Gasteiger partial charge >= 0.3 is 11.9 Å². The number of aliphatic carboxylic acids is 1. The Morgan fingerprint density at radius 3 is 2.11 bits per heavy atom. The molecule has 0 aliphatic rings. The number of esters is 1. The molecule has 18 heavy (non-hydrogen) atoms. The zero-order valence-electron chi connectivity index (χ0n) is 10.8. The summed E-state index contributed by atoms with van der Waals surface area (Å²) in [6, 6.07) is 0. The lowest BCUT2D eigenvalue weighted by atomic mass is 10.2. The molecule has 0 atom stereocenters. The predicted octanol–water partition coefficient (Wildman–Crippen LogP) is 1.03. The average Bonchev–Trinajstić information content (AvgIpc) is 2.36. The monoisotopic (exact) mass is 260 g/mol. The largest absolute Gasteiger partial charge is 0.478 e. The van der Waals surface area contributed by atoms with Crippen LogP contribution >= 0.6 is 0 Å². The Hall–Kier alpha value is -1.66. The Labute approximate surface area is 107 Å². The first-order chi connectivity index (χ1) is 8.49.